The molecule has 0 aliphatic carbocycles. The molecule has 0 bridgehead atoms. The minimum atomic E-state index is 0.328. The Morgan fingerprint density at radius 2 is 1.52 bits per heavy atom. The lowest BCUT2D eigenvalue weighted by molar-refractivity contribution is 0.313. The second-order valence-electron chi connectivity index (χ2n) is 8.56. The molecule has 3 aromatic rings. The van der Waals surface area contributed by atoms with Crippen molar-refractivity contribution in [1.82, 2.24) is 24.0 Å². The van der Waals surface area contributed by atoms with E-state index in [1.165, 1.54) is 5.69 Å². The van der Waals surface area contributed by atoms with E-state index < -0.39 is 0 Å². The lowest BCUT2D eigenvalue weighted by Crippen LogP contribution is -2.44. The van der Waals surface area contributed by atoms with Gasteiger partial charge in [-0.1, -0.05) is 13.8 Å². The van der Waals surface area contributed by atoms with Crippen LogP contribution in [0.2, 0.25) is 0 Å². The molecule has 0 radical (unpaired) electrons. The molecule has 4 rings (SSSR count). The number of imidazole rings is 2. The largest absolute Gasteiger partial charge is 0.369 e. The van der Waals surface area contributed by atoms with Gasteiger partial charge in [0.25, 0.3) is 0 Å². The molecule has 1 aromatic carbocycles. The van der Waals surface area contributed by atoms with E-state index in [-0.39, 0.29) is 0 Å². The molecule has 0 unspecified atom stereocenters. The fourth-order valence-corrected chi connectivity index (χ4v) is 4.00. The molecule has 0 N–H and O–H groups in total. The van der Waals surface area contributed by atoms with E-state index in [9.17, 15) is 0 Å². The van der Waals surface area contributed by atoms with Gasteiger partial charge >= 0.3 is 0 Å². The van der Waals surface area contributed by atoms with Gasteiger partial charge < -0.3 is 14.4 Å². The molecule has 1 aliphatic rings. The Morgan fingerprint density at radius 1 is 0.862 bits per heavy atom. The molecule has 0 amide bonds. The molecule has 6 nitrogen and oxygen atoms in total. The van der Waals surface area contributed by atoms with Gasteiger partial charge in [0.05, 0.1) is 12.0 Å². The maximum atomic E-state index is 4.73. The van der Waals surface area contributed by atoms with Gasteiger partial charge in [-0.05, 0) is 51.1 Å². The van der Waals surface area contributed by atoms with Crippen molar-refractivity contribution < 1.29 is 0 Å². The van der Waals surface area contributed by atoms with Crippen LogP contribution in [0.15, 0.2) is 43.0 Å². The molecule has 29 heavy (non-hydrogen) atoms. The first-order valence-electron chi connectivity index (χ1n) is 10.6. The third-order valence-corrected chi connectivity index (χ3v) is 5.77. The monoisotopic (exact) mass is 392 g/mol. The summed E-state index contributed by atoms with van der Waals surface area (Å²) in [6.45, 7) is 13.1. The normalized spacial score (nSPS) is 15.6. The Balaban J connectivity index is 1.68. The highest BCUT2D eigenvalue weighted by atomic mass is 15.2. The van der Waals surface area contributed by atoms with Crippen LogP contribution in [0, 0.1) is 0 Å². The van der Waals surface area contributed by atoms with Crippen LogP contribution in [0.1, 0.15) is 45.3 Å². The molecule has 154 valence electrons. The molecular formula is C23H32N6. The van der Waals surface area contributed by atoms with Crippen molar-refractivity contribution in [2.45, 2.75) is 39.7 Å². The Kier molecular flexibility index (Phi) is 5.46. The molecule has 0 saturated carbocycles. The highest BCUT2D eigenvalue weighted by molar-refractivity contribution is 5.60. The molecule has 6 heteroatoms. The third-order valence-electron chi connectivity index (χ3n) is 5.77. The van der Waals surface area contributed by atoms with Crippen LogP contribution < -0.4 is 4.90 Å². The van der Waals surface area contributed by atoms with Crippen molar-refractivity contribution in [2.24, 2.45) is 0 Å². The van der Waals surface area contributed by atoms with Crippen molar-refractivity contribution in [2.75, 3.05) is 38.1 Å². The summed E-state index contributed by atoms with van der Waals surface area (Å²) in [6.07, 6.45) is 5.87. The minimum absolute atomic E-state index is 0.328. The smallest absolute Gasteiger partial charge is 0.163 e. The maximum Gasteiger partial charge on any atom is 0.163 e. The number of rotatable bonds is 5. The van der Waals surface area contributed by atoms with Crippen LogP contribution >= 0.6 is 0 Å². The van der Waals surface area contributed by atoms with Crippen LogP contribution in [0.4, 0.5) is 5.69 Å². The summed E-state index contributed by atoms with van der Waals surface area (Å²) in [4.78, 5) is 14.3. The van der Waals surface area contributed by atoms with Crippen LogP contribution in [-0.4, -0.2) is 57.2 Å². The van der Waals surface area contributed by atoms with E-state index in [1.807, 2.05) is 18.7 Å². The maximum absolute atomic E-state index is 4.73. The lowest BCUT2D eigenvalue weighted by Gasteiger charge is -2.34. The SMILES string of the molecule is CC(C)c1ncn(C(C)C)c1-c1nccn1-c1ccc(N2CCN(C)CC2)cc1. The van der Waals surface area contributed by atoms with Crippen molar-refractivity contribution in [3.05, 3.63) is 48.7 Å². The molecule has 0 spiro atoms. The highest BCUT2D eigenvalue weighted by Crippen LogP contribution is 2.31. The van der Waals surface area contributed by atoms with E-state index in [0.717, 1.165) is 49.1 Å². The average Bonchev–Trinajstić information content (AvgIpc) is 3.35. The minimum Gasteiger partial charge on any atom is -0.369 e. The standard InChI is InChI=1S/C23H32N6/c1-17(2)21-22(29(16-25-21)18(3)4)23-24-10-11-28(23)20-8-6-19(7-9-20)27-14-12-26(5)13-15-27/h6-11,16-18H,12-15H2,1-5H3. The van der Waals surface area contributed by atoms with Gasteiger partial charge in [0.1, 0.15) is 5.69 Å². The Morgan fingerprint density at radius 3 is 2.14 bits per heavy atom. The molecule has 2 aromatic heterocycles. The predicted molar refractivity (Wildman–Crippen MR) is 119 cm³/mol. The summed E-state index contributed by atoms with van der Waals surface area (Å²) in [5.41, 5.74) is 4.63. The number of aromatic nitrogens is 4. The van der Waals surface area contributed by atoms with Gasteiger partial charge in [0.2, 0.25) is 0 Å². The zero-order chi connectivity index (χ0) is 20.5. The first-order valence-corrected chi connectivity index (χ1v) is 10.6. The molecule has 1 aliphatic heterocycles. The fraction of sp³-hybridized carbons (Fsp3) is 0.478. The summed E-state index contributed by atoms with van der Waals surface area (Å²) in [7, 11) is 2.19. The zero-order valence-corrected chi connectivity index (χ0v) is 18.2. The van der Waals surface area contributed by atoms with Crippen LogP contribution in [-0.2, 0) is 0 Å². The van der Waals surface area contributed by atoms with E-state index >= 15 is 0 Å². The van der Waals surface area contributed by atoms with Crippen LogP contribution in [0.25, 0.3) is 17.2 Å². The van der Waals surface area contributed by atoms with Gasteiger partial charge in [-0.2, -0.15) is 0 Å². The number of benzene rings is 1. The summed E-state index contributed by atoms with van der Waals surface area (Å²) in [5.74, 6) is 1.29. The Labute approximate surface area is 173 Å². The van der Waals surface area contributed by atoms with Crippen molar-refractivity contribution in [3.63, 3.8) is 0 Å². The van der Waals surface area contributed by atoms with Gasteiger partial charge in [-0.15, -0.1) is 0 Å². The van der Waals surface area contributed by atoms with Gasteiger partial charge in [-0.3, -0.25) is 4.57 Å². The first-order chi connectivity index (χ1) is 14.0. The summed E-state index contributed by atoms with van der Waals surface area (Å²) in [6, 6.07) is 9.18. The molecule has 1 saturated heterocycles. The van der Waals surface area contributed by atoms with Gasteiger partial charge in [0.15, 0.2) is 5.82 Å². The highest BCUT2D eigenvalue weighted by Gasteiger charge is 2.22. The summed E-state index contributed by atoms with van der Waals surface area (Å²) < 4.78 is 4.41. The van der Waals surface area contributed by atoms with Crippen molar-refractivity contribution in [3.8, 4) is 17.2 Å². The predicted octanol–water partition coefficient (Wildman–Crippen LogP) is 4.19. The molecule has 1 fully saturated rings. The van der Waals surface area contributed by atoms with Gasteiger partial charge in [-0.25, -0.2) is 9.97 Å². The topological polar surface area (TPSA) is 42.1 Å². The number of piperazine rings is 1. The summed E-state index contributed by atoms with van der Waals surface area (Å²) in [5, 5.41) is 0. The molecule has 3 heterocycles. The second kappa shape index (κ2) is 8.03. The summed E-state index contributed by atoms with van der Waals surface area (Å²) >= 11 is 0. The van der Waals surface area contributed by atoms with Gasteiger partial charge in [0, 0.05) is 56.0 Å². The first kappa shape index (κ1) is 19.7. The molecular weight excluding hydrogens is 360 g/mol. The van der Waals surface area contributed by atoms with E-state index in [1.54, 1.807) is 0 Å². The van der Waals surface area contributed by atoms with Crippen LogP contribution in [0.3, 0.4) is 0 Å². The average molecular weight is 393 g/mol. The Hall–Kier alpha value is -2.60. The lowest BCUT2D eigenvalue weighted by atomic mass is 10.1. The van der Waals surface area contributed by atoms with Crippen molar-refractivity contribution in [1.29, 1.82) is 0 Å². The van der Waals surface area contributed by atoms with E-state index in [0.29, 0.717) is 12.0 Å². The number of hydrogen-bond donors (Lipinski definition) is 0. The van der Waals surface area contributed by atoms with Crippen molar-refractivity contribution >= 4 is 5.69 Å². The number of nitrogens with zero attached hydrogens (tertiary/aromatic N) is 6. The van der Waals surface area contributed by atoms with E-state index in [4.69, 9.17) is 9.97 Å². The second-order valence-corrected chi connectivity index (χ2v) is 8.56. The van der Waals surface area contributed by atoms with E-state index in [2.05, 4.69) is 77.9 Å². The fourth-order valence-electron chi connectivity index (χ4n) is 4.00. The number of anilines is 1. The van der Waals surface area contributed by atoms with Crippen LogP contribution in [0.5, 0.6) is 0 Å². The molecule has 0 atom stereocenters. The number of hydrogen-bond acceptors (Lipinski definition) is 4. The number of likely N-dealkylation sites (N-methyl/N-ethyl adjacent to an activating group) is 1. The quantitative estimate of drug-likeness (QED) is 0.653. The zero-order valence-electron chi connectivity index (χ0n) is 18.2. The Bertz CT molecular complexity index is 917. The third kappa shape index (κ3) is 3.81.